The van der Waals surface area contributed by atoms with Crippen molar-refractivity contribution in [3.63, 3.8) is 0 Å². The monoisotopic (exact) mass is 306 g/mol. The summed E-state index contributed by atoms with van der Waals surface area (Å²) in [5.74, 6) is 0.360. The Bertz CT molecular complexity index is 387. The van der Waals surface area contributed by atoms with Crippen LogP contribution in [0.25, 0.3) is 0 Å². The molecule has 2 nitrogen and oxygen atoms in total. The van der Waals surface area contributed by atoms with E-state index in [9.17, 15) is 10.2 Å². The van der Waals surface area contributed by atoms with Gasteiger partial charge in [-0.05, 0) is 24.5 Å². The molecular weight excluding hydrogens is 272 g/mol. The van der Waals surface area contributed by atoms with Gasteiger partial charge >= 0.3 is 0 Å². The Hall–Kier alpha value is -1.18. The summed E-state index contributed by atoms with van der Waals surface area (Å²) in [7, 11) is 0. The molecule has 0 aromatic heterocycles. The van der Waals surface area contributed by atoms with E-state index in [-0.39, 0.29) is 11.5 Å². The third-order valence-electron chi connectivity index (χ3n) is 4.37. The smallest absolute Gasteiger partial charge is 0.122 e. The highest BCUT2D eigenvalue weighted by Gasteiger charge is 2.02. The van der Waals surface area contributed by atoms with Gasteiger partial charge in [0.15, 0.2) is 0 Å². The Morgan fingerprint density at radius 1 is 0.682 bits per heavy atom. The minimum Gasteiger partial charge on any atom is -0.508 e. The number of phenols is 2. The van der Waals surface area contributed by atoms with Gasteiger partial charge in [-0.1, -0.05) is 83.6 Å². The highest BCUT2D eigenvalue weighted by Crippen LogP contribution is 2.24. The minimum atomic E-state index is 0.135. The lowest BCUT2D eigenvalue weighted by Crippen LogP contribution is -1.87. The number of hydrogen-bond acceptors (Lipinski definition) is 2. The van der Waals surface area contributed by atoms with Crippen molar-refractivity contribution in [3.8, 4) is 11.5 Å². The van der Waals surface area contributed by atoms with Crippen LogP contribution in [0.15, 0.2) is 18.2 Å². The van der Waals surface area contributed by atoms with E-state index in [1.54, 1.807) is 6.07 Å². The van der Waals surface area contributed by atoms with Crippen molar-refractivity contribution in [1.82, 2.24) is 0 Å². The molecule has 0 heterocycles. The number of benzene rings is 1. The van der Waals surface area contributed by atoms with E-state index < -0.39 is 0 Å². The molecule has 0 aliphatic heterocycles. The molecule has 0 spiro atoms. The standard InChI is InChI=1S/C20H34O2/c1-2-3-4-5-6-7-8-9-10-11-12-13-14-18-15-16-19(21)17-20(18)22/h15-17,21-22H,2-14H2,1H3. The molecule has 2 heteroatoms. The quantitative estimate of drug-likeness (QED) is 0.417. The van der Waals surface area contributed by atoms with Gasteiger partial charge in [-0.3, -0.25) is 0 Å². The van der Waals surface area contributed by atoms with E-state index in [4.69, 9.17) is 0 Å². The van der Waals surface area contributed by atoms with Crippen LogP contribution in [0.3, 0.4) is 0 Å². The van der Waals surface area contributed by atoms with Crippen LogP contribution in [0.2, 0.25) is 0 Å². The molecule has 0 amide bonds. The van der Waals surface area contributed by atoms with Crippen molar-refractivity contribution in [2.24, 2.45) is 0 Å². The van der Waals surface area contributed by atoms with Crippen LogP contribution in [0.5, 0.6) is 11.5 Å². The molecule has 0 atom stereocenters. The number of hydrogen-bond donors (Lipinski definition) is 2. The van der Waals surface area contributed by atoms with Gasteiger partial charge in [0.25, 0.3) is 0 Å². The topological polar surface area (TPSA) is 40.5 Å². The van der Waals surface area contributed by atoms with Gasteiger partial charge in [0, 0.05) is 6.07 Å². The molecule has 0 unspecified atom stereocenters. The number of aryl methyl sites for hydroxylation is 1. The van der Waals surface area contributed by atoms with Crippen LogP contribution >= 0.6 is 0 Å². The summed E-state index contributed by atoms with van der Waals surface area (Å²) in [6.07, 6.45) is 17.1. The van der Waals surface area contributed by atoms with Crippen LogP contribution in [-0.4, -0.2) is 10.2 Å². The molecule has 0 saturated heterocycles. The van der Waals surface area contributed by atoms with Gasteiger partial charge in [0.05, 0.1) is 0 Å². The highest BCUT2D eigenvalue weighted by atomic mass is 16.3. The molecule has 22 heavy (non-hydrogen) atoms. The minimum absolute atomic E-state index is 0.135. The molecule has 1 aromatic carbocycles. The van der Waals surface area contributed by atoms with Crippen molar-refractivity contribution in [2.45, 2.75) is 90.4 Å². The second-order valence-electron chi connectivity index (χ2n) is 6.45. The fourth-order valence-corrected chi connectivity index (χ4v) is 2.92. The number of phenolic OH excluding ortho intramolecular Hbond substituents is 2. The predicted molar refractivity (Wildman–Crippen MR) is 94.6 cm³/mol. The lowest BCUT2D eigenvalue weighted by molar-refractivity contribution is 0.444. The molecule has 0 saturated carbocycles. The largest absolute Gasteiger partial charge is 0.508 e. The van der Waals surface area contributed by atoms with Crippen molar-refractivity contribution >= 4 is 0 Å². The Labute approximate surface area is 136 Å². The first-order valence-electron chi connectivity index (χ1n) is 9.25. The van der Waals surface area contributed by atoms with Crippen LogP contribution in [0.1, 0.15) is 89.5 Å². The molecule has 1 aromatic rings. The van der Waals surface area contributed by atoms with Crippen molar-refractivity contribution in [2.75, 3.05) is 0 Å². The summed E-state index contributed by atoms with van der Waals surface area (Å²) in [5, 5.41) is 19.0. The predicted octanol–water partition coefficient (Wildman–Crippen LogP) is 6.34. The van der Waals surface area contributed by atoms with Crippen LogP contribution < -0.4 is 0 Å². The third kappa shape index (κ3) is 8.96. The Morgan fingerprint density at radius 2 is 1.18 bits per heavy atom. The maximum absolute atomic E-state index is 9.71. The van der Waals surface area contributed by atoms with Gasteiger partial charge in [-0.25, -0.2) is 0 Å². The summed E-state index contributed by atoms with van der Waals surface area (Å²) in [6.45, 7) is 2.27. The van der Waals surface area contributed by atoms with E-state index in [0.717, 1.165) is 18.4 Å². The molecule has 0 radical (unpaired) electrons. The fourth-order valence-electron chi connectivity index (χ4n) is 2.92. The molecule has 126 valence electrons. The molecular formula is C20H34O2. The zero-order valence-electron chi connectivity index (χ0n) is 14.3. The first kappa shape index (κ1) is 18.9. The van der Waals surface area contributed by atoms with Crippen molar-refractivity contribution in [1.29, 1.82) is 0 Å². The average Bonchev–Trinajstić information content (AvgIpc) is 2.50. The maximum atomic E-state index is 9.71. The molecule has 0 bridgehead atoms. The lowest BCUT2D eigenvalue weighted by atomic mass is 10.0. The van der Waals surface area contributed by atoms with Gasteiger partial charge in [-0.15, -0.1) is 0 Å². The van der Waals surface area contributed by atoms with Crippen molar-refractivity contribution in [3.05, 3.63) is 23.8 Å². The molecule has 0 aliphatic carbocycles. The fraction of sp³-hybridized carbons (Fsp3) is 0.700. The molecule has 1 rings (SSSR count). The van der Waals surface area contributed by atoms with Crippen LogP contribution in [0, 0.1) is 0 Å². The maximum Gasteiger partial charge on any atom is 0.122 e. The number of unbranched alkanes of at least 4 members (excludes halogenated alkanes) is 11. The summed E-state index contributed by atoms with van der Waals surface area (Å²) < 4.78 is 0. The zero-order chi connectivity index (χ0) is 16.0. The normalized spacial score (nSPS) is 11.0. The van der Waals surface area contributed by atoms with E-state index in [1.165, 1.54) is 76.7 Å². The third-order valence-corrected chi connectivity index (χ3v) is 4.37. The molecule has 0 fully saturated rings. The summed E-state index contributed by atoms with van der Waals surface area (Å²) in [6, 6.07) is 4.90. The molecule has 0 aliphatic rings. The Morgan fingerprint density at radius 3 is 1.68 bits per heavy atom. The van der Waals surface area contributed by atoms with Gasteiger partial charge in [0.2, 0.25) is 0 Å². The van der Waals surface area contributed by atoms with Gasteiger partial charge < -0.3 is 10.2 Å². The van der Waals surface area contributed by atoms with E-state index in [2.05, 4.69) is 6.92 Å². The molecule has 2 N–H and O–H groups in total. The second-order valence-corrected chi connectivity index (χ2v) is 6.45. The van der Waals surface area contributed by atoms with E-state index >= 15 is 0 Å². The SMILES string of the molecule is CCCCCCCCCCCCCCc1ccc(O)cc1O. The number of rotatable bonds is 13. The average molecular weight is 306 g/mol. The van der Waals surface area contributed by atoms with Crippen molar-refractivity contribution < 1.29 is 10.2 Å². The van der Waals surface area contributed by atoms with Crippen LogP contribution in [-0.2, 0) is 6.42 Å². The lowest BCUT2D eigenvalue weighted by Gasteiger charge is -2.05. The zero-order valence-corrected chi connectivity index (χ0v) is 14.3. The second kappa shape index (κ2) is 12.4. The number of aromatic hydroxyl groups is 2. The Kier molecular flexibility index (Phi) is 10.6. The highest BCUT2D eigenvalue weighted by molar-refractivity contribution is 5.38. The van der Waals surface area contributed by atoms with Crippen LogP contribution in [0.4, 0.5) is 0 Å². The van der Waals surface area contributed by atoms with Gasteiger partial charge in [-0.2, -0.15) is 0 Å². The summed E-state index contributed by atoms with van der Waals surface area (Å²) in [5.41, 5.74) is 0.949. The first-order valence-corrected chi connectivity index (χ1v) is 9.25. The van der Waals surface area contributed by atoms with E-state index in [0.29, 0.717) is 0 Å². The Balaban J connectivity index is 1.89. The van der Waals surface area contributed by atoms with E-state index in [1.807, 2.05) is 6.07 Å². The first-order chi connectivity index (χ1) is 10.7. The summed E-state index contributed by atoms with van der Waals surface area (Å²) in [4.78, 5) is 0. The van der Waals surface area contributed by atoms with Gasteiger partial charge in [0.1, 0.15) is 11.5 Å². The summed E-state index contributed by atoms with van der Waals surface area (Å²) >= 11 is 0.